The summed E-state index contributed by atoms with van der Waals surface area (Å²) < 4.78 is 5.71. The van der Waals surface area contributed by atoms with Gasteiger partial charge >= 0.3 is 0 Å². The quantitative estimate of drug-likeness (QED) is 0.0467. The number of nitrogens with zero attached hydrogens (tertiary/aromatic N) is 4. The first-order chi connectivity index (χ1) is 24.4. The molecular formula is C34H39Cl3N10O4S. The Bertz CT molecular complexity index is 2110. The molecule has 5 rings (SSSR count). The number of amidine groups is 1. The fourth-order valence-electron chi connectivity index (χ4n) is 5.47. The molecule has 0 aliphatic rings. The molecule has 0 saturated heterocycles. The molecule has 0 aliphatic carbocycles. The van der Waals surface area contributed by atoms with Crippen molar-refractivity contribution in [2.45, 2.75) is 6.42 Å². The number of hydrogen-bond donors (Lipinski definition) is 6. The maximum absolute atomic E-state index is 13.3. The van der Waals surface area contributed by atoms with Crippen LogP contribution in [-0.4, -0.2) is 74.6 Å². The first kappa shape index (κ1) is 39.8. The summed E-state index contributed by atoms with van der Waals surface area (Å²) in [6.07, 6.45) is 5.09. The minimum atomic E-state index is -0.448. The number of anilines is 4. The third-order valence-corrected chi connectivity index (χ3v) is 9.42. The van der Waals surface area contributed by atoms with E-state index in [0.29, 0.717) is 58.2 Å². The standard InChI is InChI=1S/C34H38Cl2N10O4S.ClH/c1-43-17-21(14-25(43)31(47)39-9-6-30(37)38)40-32(48)26-15-22(18-44(26)2)41-33(49)27-16-23(19-45(27)3)42-34(50)29-13-20-12-24(4-5-28(20)51-29)46(10-7-35)11-8-36;/h4-5,12-19H,6-11H2,1-3H3,(H3,37,38)(H,39,47)(H,40,48)(H,41,49)(H,42,50);1H. The van der Waals surface area contributed by atoms with E-state index in [9.17, 15) is 19.2 Å². The molecule has 0 aliphatic heterocycles. The maximum atomic E-state index is 13.3. The number of alkyl halides is 2. The number of halogens is 3. The Morgan fingerprint density at radius 1 is 0.750 bits per heavy atom. The highest BCUT2D eigenvalue weighted by Gasteiger charge is 2.20. The number of thiophene rings is 1. The van der Waals surface area contributed by atoms with Crippen molar-refractivity contribution >= 4 is 109 Å². The number of benzene rings is 1. The van der Waals surface area contributed by atoms with Gasteiger partial charge in [0.15, 0.2) is 0 Å². The number of amides is 4. The van der Waals surface area contributed by atoms with Crippen LogP contribution in [0.3, 0.4) is 0 Å². The first-order valence-electron chi connectivity index (χ1n) is 15.8. The summed E-state index contributed by atoms with van der Waals surface area (Å²) in [5, 5.41) is 19.4. The van der Waals surface area contributed by atoms with Crippen LogP contribution >= 0.6 is 46.9 Å². The molecule has 0 fully saturated rings. The second kappa shape index (κ2) is 17.5. The zero-order chi connectivity index (χ0) is 36.8. The Labute approximate surface area is 320 Å². The second-order valence-corrected chi connectivity index (χ2v) is 13.6. The van der Waals surface area contributed by atoms with Crippen molar-refractivity contribution < 1.29 is 19.2 Å². The molecule has 4 amide bonds. The van der Waals surface area contributed by atoms with Crippen LogP contribution in [0.2, 0.25) is 0 Å². The molecule has 276 valence electrons. The largest absolute Gasteiger partial charge is 0.388 e. The number of nitrogens with one attached hydrogen (secondary N) is 5. The Morgan fingerprint density at radius 3 is 1.71 bits per heavy atom. The molecule has 52 heavy (non-hydrogen) atoms. The number of nitrogens with two attached hydrogens (primary N) is 1. The molecule has 0 saturated carbocycles. The van der Waals surface area contributed by atoms with E-state index < -0.39 is 11.8 Å². The Morgan fingerprint density at radius 2 is 1.23 bits per heavy atom. The lowest BCUT2D eigenvalue weighted by Gasteiger charge is -2.22. The summed E-state index contributed by atoms with van der Waals surface area (Å²) >= 11 is 13.3. The molecule has 0 unspecified atom stereocenters. The summed E-state index contributed by atoms with van der Waals surface area (Å²) in [4.78, 5) is 54.7. The van der Waals surface area contributed by atoms with Crippen LogP contribution in [0, 0.1) is 5.41 Å². The third kappa shape index (κ3) is 9.47. The molecule has 14 nitrogen and oxygen atoms in total. The summed E-state index contributed by atoms with van der Waals surface area (Å²) in [6.45, 7) is 1.54. The van der Waals surface area contributed by atoms with Gasteiger partial charge in [0.25, 0.3) is 23.6 Å². The Hall–Kier alpha value is -4.96. The summed E-state index contributed by atoms with van der Waals surface area (Å²) in [5.74, 6) is -0.640. The van der Waals surface area contributed by atoms with Crippen molar-refractivity contribution in [2.24, 2.45) is 26.9 Å². The van der Waals surface area contributed by atoms with Crippen molar-refractivity contribution in [3.05, 3.63) is 83.0 Å². The van der Waals surface area contributed by atoms with E-state index >= 15 is 0 Å². The average molecular weight is 790 g/mol. The number of rotatable bonds is 15. The minimum absolute atomic E-state index is 0. The number of aryl methyl sites for hydroxylation is 3. The van der Waals surface area contributed by atoms with Gasteiger partial charge in [-0.2, -0.15) is 0 Å². The molecule has 4 aromatic heterocycles. The molecule has 5 aromatic rings. The number of hydrogen-bond acceptors (Lipinski definition) is 7. The van der Waals surface area contributed by atoms with Crippen molar-refractivity contribution in [1.29, 1.82) is 5.41 Å². The molecule has 7 N–H and O–H groups in total. The van der Waals surface area contributed by atoms with Gasteiger partial charge in [-0.05, 0) is 47.9 Å². The lowest BCUT2D eigenvalue weighted by Crippen LogP contribution is -2.28. The van der Waals surface area contributed by atoms with Gasteiger partial charge in [-0.1, -0.05) is 0 Å². The normalized spacial score (nSPS) is 10.8. The van der Waals surface area contributed by atoms with Gasteiger partial charge in [0.2, 0.25) is 0 Å². The number of carbonyl (C=O) groups is 4. The molecule has 0 atom stereocenters. The zero-order valence-electron chi connectivity index (χ0n) is 28.6. The van der Waals surface area contributed by atoms with Crippen molar-refractivity contribution in [1.82, 2.24) is 19.0 Å². The highest BCUT2D eigenvalue weighted by Crippen LogP contribution is 2.30. The van der Waals surface area contributed by atoms with E-state index in [2.05, 4.69) is 26.2 Å². The van der Waals surface area contributed by atoms with Gasteiger partial charge < -0.3 is 45.6 Å². The lowest BCUT2D eigenvalue weighted by atomic mass is 10.2. The Kier molecular flexibility index (Phi) is 13.4. The van der Waals surface area contributed by atoms with Gasteiger partial charge in [-0.25, -0.2) is 0 Å². The van der Waals surface area contributed by atoms with Crippen LogP contribution in [-0.2, 0) is 21.1 Å². The van der Waals surface area contributed by atoms with Crippen molar-refractivity contribution in [3.63, 3.8) is 0 Å². The Balaban J connectivity index is 0.00000605. The van der Waals surface area contributed by atoms with E-state index in [-0.39, 0.29) is 48.7 Å². The predicted molar refractivity (Wildman–Crippen MR) is 212 cm³/mol. The molecule has 4 heterocycles. The number of carbonyl (C=O) groups excluding carboxylic acids is 4. The highest BCUT2D eigenvalue weighted by atomic mass is 35.5. The molecule has 0 bridgehead atoms. The van der Waals surface area contributed by atoms with Crippen molar-refractivity contribution in [3.8, 4) is 0 Å². The SMILES string of the molecule is Cl.Cn1cc(NC(=O)c2cc(NC(=O)c3cc(NC(=O)c4cc5cc(N(CCCl)CCCl)ccc5s4)cn3C)cn2C)cc1C(=O)NCCC(=N)N. The minimum Gasteiger partial charge on any atom is -0.388 e. The topological polar surface area (TPSA) is 184 Å². The number of aromatic nitrogens is 3. The van der Waals surface area contributed by atoms with E-state index in [1.54, 1.807) is 59.5 Å². The van der Waals surface area contributed by atoms with E-state index in [1.807, 2.05) is 24.3 Å². The molecule has 18 heteroatoms. The maximum Gasteiger partial charge on any atom is 0.272 e. The second-order valence-electron chi connectivity index (χ2n) is 11.8. The van der Waals surface area contributed by atoms with E-state index in [4.69, 9.17) is 34.3 Å². The molecular weight excluding hydrogens is 751 g/mol. The van der Waals surface area contributed by atoms with Gasteiger partial charge in [-0.3, -0.25) is 24.6 Å². The fraction of sp³-hybridized carbons (Fsp3) is 0.265. The van der Waals surface area contributed by atoms with E-state index in [1.165, 1.54) is 23.5 Å². The fourth-order valence-corrected chi connectivity index (χ4v) is 6.82. The number of fused-ring (bicyclic) bond motifs is 1. The van der Waals surface area contributed by atoms with Crippen LogP contribution in [0.15, 0.2) is 61.1 Å². The predicted octanol–water partition coefficient (Wildman–Crippen LogP) is 5.44. The third-order valence-electron chi connectivity index (χ3n) is 7.96. The lowest BCUT2D eigenvalue weighted by molar-refractivity contribution is 0.0944. The molecule has 1 aromatic carbocycles. The van der Waals surface area contributed by atoms with Crippen LogP contribution < -0.4 is 31.9 Å². The van der Waals surface area contributed by atoms with E-state index in [0.717, 1.165) is 15.8 Å². The monoisotopic (exact) mass is 788 g/mol. The summed E-state index contributed by atoms with van der Waals surface area (Å²) in [5.41, 5.74) is 8.43. The summed E-state index contributed by atoms with van der Waals surface area (Å²) in [7, 11) is 5.04. The zero-order valence-corrected chi connectivity index (χ0v) is 31.7. The average Bonchev–Trinajstić information content (AvgIpc) is 3.85. The van der Waals surface area contributed by atoms with Crippen LogP contribution in [0.1, 0.15) is 47.6 Å². The highest BCUT2D eigenvalue weighted by molar-refractivity contribution is 7.20. The van der Waals surface area contributed by atoms with Gasteiger partial charge in [0, 0.05) is 87.9 Å². The van der Waals surface area contributed by atoms with Crippen molar-refractivity contribution in [2.75, 3.05) is 52.2 Å². The van der Waals surface area contributed by atoms with Crippen LogP contribution in [0.5, 0.6) is 0 Å². The molecule has 0 spiro atoms. The molecule has 0 radical (unpaired) electrons. The van der Waals surface area contributed by atoms with Gasteiger partial charge in [-0.15, -0.1) is 46.9 Å². The summed E-state index contributed by atoms with van der Waals surface area (Å²) in [6, 6.07) is 12.5. The van der Waals surface area contributed by atoms with Crippen LogP contribution in [0.25, 0.3) is 10.1 Å². The smallest absolute Gasteiger partial charge is 0.272 e. The first-order valence-corrected chi connectivity index (χ1v) is 17.7. The van der Waals surface area contributed by atoms with Gasteiger partial charge in [0.05, 0.1) is 27.8 Å². The van der Waals surface area contributed by atoms with Crippen LogP contribution in [0.4, 0.5) is 22.7 Å². The van der Waals surface area contributed by atoms with Gasteiger partial charge in [0.1, 0.15) is 17.1 Å².